The molecular weight excluding hydrogens is 548 g/mol. The highest BCUT2D eigenvalue weighted by molar-refractivity contribution is 8.01. The van der Waals surface area contributed by atoms with Crippen molar-refractivity contribution in [3.05, 3.63) is 27.1 Å². The highest BCUT2D eigenvalue weighted by Crippen LogP contribution is 2.41. The maximum atomic E-state index is 13.0. The third-order valence-corrected chi connectivity index (χ3v) is 8.31. The number of nitrogens with zero attached hydrogens (tertiary/aromatic N) is 8. The molecule has 1 fully saturated rings. The summed E-state index contributed by atoms with van der Waals surface area (Å²) in [6.45, 7) is 0.290. The number of hydrogen-bond donors (Lipinski definition) is 4. The number of carboxylic acids is 1. The number of fused-ring (bicyclic) bond motifs is 1. The van der Waals surface area contributed by atoms with E-state index in [-0.39, 0.29) is 39.8 Å². The molecule has 0 saturated carbocycles. The number of carbonyl (C=O) groups is 3. The number of oxime groups is 1. The summed E-state index contributed by atoms with van der Waals surface area (Å²) in [5.74, 6) is -2.27. The number of amides is 2. The van der Waals surface area contributed by atoms with Gasteiger partial charge in [0.1, 0.15) is 29.9 Å². The topological polar surface area (TPSA) is 225 Å². The molecule has 16 nitrogen and oxygen atoms in total. The summed E-state index contributed by atoms with van der Waals surface area (Å²) >= 11 is 3.32. The van der Waals surface area contributed by atoms with Crippen LogP contribution in [0.5, 0.6) is 0 Å². The van der Waals surface area contributed by atoms with E-state index in [4.69, 9.17) is 10.7 Å². The second-order valence-electron chi connectivity index (χ2n) is 7.36. The van der Waals surface area contributed by atoms with E-state index in [1.165, 1.54) is 40.7 Å². The quantitative estimate of drug-likeness (QED) is 0.0897. The predicted octanol–water partition coefficient (Wildman–Crippen LogP) is -0.952. The largest absolute Gasteiger partial charge is 0.477 e. The van der Waals surface area contributed by atoms with Crippen LogP contribution < -0.4 is 10.1 Å². The van der Waals surface area contributed by atoms with Gasteiger partial charge in [-0.05, 0) is 16.0 Å². The zero-order valence-corrected chi connectivity index (χ0v) is 21.3. The molecule has 0 aliphatic carbocycles. The molecule has 4 heterocycles. The number of aromatic nitrogens is 5. The maximum absolute atomic E-state index is 13.0. The fraction of sp³-hybridized carbons (Fsp3) is 0.389. The van der Waals surface area contributed by atoms with Gasteiger partial charge in [0.25, 0.3) is 11.8 Å². The monoisotopic (exact) mass is 566 g/mol. The van der Waals surface area contributed by atoms with Gasteiger partial charge in [0.05, 0.1) is 19.0 Å². The molecule has 194 valence electrons. The Morgan fingerprint density at radius 3 is 2.92 bits per heavy atom. The van der Waals surface area contributed by atoms with Gasteiger partial charge in [-0.25, -0.2) is 9.48 Å². The zero-order valence-electron chi connectivity index (χ0n) is 18.9. The molecule has 0 aromatic carbocycles. The van der Waals surface area contributed by atoms with Crippen LogP contribution in [0.3, 0.4) is 0 Å². The summed E-state index contributed by atoms with van der Waals surface area (Å²) in [5, 5.41) is 54.7. The second kappa shape index (κ2) is 11.0. The van der Waals surface area contributed by atoms with Crippen LogP contribution in [0, 0.1) is 16.7 Å². The average Bonchev–Trinajstić information content (AvgIpc) is 3.47. The van der Waals surface area contributed by atoms with Gasteiger partial charge in [-0.3, -0.25) is 19.9 Å². The third kappa shape index (κ3) is 5.03. The molecule has 4 N–H and O–H groups in total. The number of tetrazole rings is 1. The lowest BCUT2D eigenvalue weighted by atomic mass is 10.0. The molecular formula is C18H18N10O6S3. The van der Waals surface area contributed by atoms with E-state index in [9.17, 15) is 24.7 Å². The van der Waals surface area contributed by atoms with Crippen molar-refractivity contribution in [3.8, 4) is 6.07 Å². The van der Waals surface area contributed by atoms with Gasteiger partial charge in [0.2, 0.25) is 9.96 Å². The first-order valence-corrected chi connectivity index (χ1v) is 13.2. The van der Waals surface area contributed by atoms with Crippen molar-refractivity contribution in [3.63, 3.8) is 0 Å². The first-order chi connectivity index (χ1) is 17.8. The summed E-state index contributed by atoms with van der Waals surface area (Å²) in [7, 11) is 1.20. The second-order valence-corrected chi connectivity index (χ2v) is 10.3. The SMILES string of the molecule is CON=C(C(=O)N[C@@H]1C(=O)N2C(C(=O)O)=C(CSc3nnnn3CCC#N)CS[C@@H]12)c1csc(=N)n1O. The van der Waals surface area contributed by atoms with E-state index >= 15 is 0 Å². The minimum atomic E-state index is -1.28. The van der Waals surface area contributed by atoms with Crippen molar-refractivity contribution >= 4 is 58.4 Å². The van der Waals surface area contributed by atoms with E-state index < -0.39 is 29.2 Å². The van der Waals surface area contributed by atoms with Crippen molar-refractivity contribution in [2.75, 3.05) is 18.6 Å². The first-order valence-electron chi connectivity index (χ1n) is 10.3. The number of nitriles is 1. The van der Waals surface area contributed by atoms with Crippen molar-refractivity contribution in [2.24, 2.45) is 5.16 Å². The predicted molar refractivity (Wildman–Crippen MR) is 127 cm³/mol. The van der Waals surface area contributed by atoms with Crippen LogP contribution in [0.4, 0.5) is 0 Å². The van der Waals surface area contributed by atoms with Gasteiger partial charge in [0.15, 0.2) is 5.71 Å². The lowest BCUT2D eigenvalue weighted by Crippen LogP contribution is -2.71. The van der Waals surface area contributed by atoms with Gasteiger partial charge in [0, 0.05) is 16.9 Å². The third-order valence-electron chi connectivity index (χ3n) is 5.19. The van der Waals surface area contributed by atoms with Gasteiger partial charge in [-0.2, -0.15) is 9.99 Å². The number of rotatable bonds is 10. The zero-order chi connectivity index (χ0) is 26.7. The Morgan fingerprint density at radius 2 is 2.27 bits per heavy atom. The molecule has 19 heteroatoms. The highest BCUT2D eigenvalue weighted by atomic mass is 32.2. The van der Waals surface area contributed by atoms with Crippen LogP contribution in [0.15, 0.2) is 27.0 Å². The van der Waals surface area contributed by atoms with Gasteiger partial charge in [-0.15, -0.1) is 28.2 Å². The van der Waals surface area contributed by atoms with E-state index in [1.807, 2.05) is 6.07 Å². The molecule has 2 atom stereocenters. The Kier molecular flexibility index (Phi) is 7.80. The Labute approximate surface area is 220 Å². The Hall–Kier alpha value is -3.89. The Balaban J connectivity index is 1.49. The number of thioether (sulfide) groups is 2. The molecule has 0 spiro atoms. The smallest absolute Gasteiger partial charge is 0.352 e. The minimum Gasteiger partial charge on any atom is -0.477 e. The molecule has 2 aromatic heterocycles. The average molecular weight is 567 g/mol. The highest BCUT2D eigenvalue weighted by Gasteiger charge is 2.54. The lowest BCUT2D eigenvalue weighted by Gasteiger charge is -2.49. The van der Waals surface area contributed by atoms with Crippen LogP contribution >= 0.6 is 34.9 Å². The number of hydrogen-bond acceptors (Lipinski definition) is 14. The van der Waals surface area contributed by atoms with Gasteiger partial charge >= 0.3 is 5.97 Å². The molecule has 2 amide bonds. The molecule has 1 saturated heterocycles. The fourth-order valence-corrected chi connectivity index (χ4v) is 6.55. The van der Waals surface area contributed by atoms with E-state index in [0.717, 1.165) is 16.2 Å². The van der Waals surface area contributed by atoms with E-state index in [2.05, 4.69) is 30.8 Å². The summed E-state index contributed by atoms with van der Waals surface area (Å²) in [6, 6.07) is 0.963. The van der Waals surface area contributed by atoms with E-state index in [1.54, 1.807) is 0 Å². The van der Waals surface area contributed by atoms with Gasteiger partial charge in [-0.1, -0.05) is 16.9 Å². The standard InChI is InChI=1S/C18H18N10O6S3/c1-34-23-10(9-7-36-17(20)28(9)33)13(29)21-11-14(30)27-12(16(31)32)8(5-35-15(11)27)6-37-18-22-24-25-26(18)4-2-3-19/h7,11,15,20,33H,2,4-6H2,1H3,(H,21,29)(H,31,32)/t11-,15+/m1/s1. The minimum absolute atomic E-state index is 0.100. The van der Waals surface area contributed by atoms with Crippen molar-refractivity contribution in [1.29, 1.82) is 10.7 Å². The number of β-lactam (4-membered cyclic amide) rings is 1. The first kappa shape index (κ1) is 26.2. The molecule has 0 unspecified atom stereocenters. The number of carboxylic acid groups (broad SMARTS) is 1. The summed E-state index contributed by atoms with van der Waals surface area (Å²) in [6.07, 6.45) is 0.209. The molecule has 0 radical (unpaired) electrons. The van der Waals surface area contributed by atoms with Crippen molar-refractivity contribution in [1.82, 2.24) is 35.2 Å². The number of nitrogens with one attached hydrogen (secondary N) is 2. The number of aliphatic carboxylic acids is 1. The van der Waals surface area contributed by atoms with Gasteiger partial charge < -0.3 is 20.5 Å². The molecule has 0 bridgehead atoms. The van der Waals surface area contributed by atoms with Crippen LogP contribution in [-0.4, -0.2) is 93.7 Å². The molecule has 4 rings (SSSR count). The molecule has 2 aliphatic rings. The number of thiazole rings is 1. The van der Waals surface area contributed by atoms with Crippen LogP contribution in [-0.2, 0) is 25.8 Å². The molecule has 37 heavy (non-hydrogen) atoms. The lowest BCUT2D eigenvalue weighted by molar-refractivity contribution is -0.150. The van der Waals surface area contributed by atoms with Crippen LogP contribution in [0.2, 0.25) is 0 Å². The Morgan fingerprint density at radius 1 is 1.49 bits per heavy atom. The van der Waals surface area contributed by atoms with Crippen LogP contribution in [0.25, 0.3) is 0 Å². The van der Waals surface area contributed by atoms with E-state index in [0.29, 0.717) is 22.0 Å². The Bertz CT molecular complexity index is 1410. The molecule has 2 aliphatic heterocycles. The fourth-order valence-electron chi connectivity index (χ4n) is 3.52. The summed E-state index contributed by atoms with van der Waals surface area (Å²) in [4.78, 5) is 43.5. The number of aryl methyl sites for hydroxylation is 1. The normalized spacial score (nSPS) is 19.2. The van der Waals surface area contributed by atoms with Crippen LogP contribution in [0.1, 0.15) is 12.1 Å². The van der Waals surface area contributed by atoms with Crippen molar-refractivity contribution in [2.45, 2.75) is 29.5 Å². The van der Waals surface area contributed by atoms with Crippen molar-refractivity contribution < 1.29 is 29.5 Å². The maximum Gasteiger partial charge on any atom is 0.352 e. The number of carbonyl (C=O) groups excluding carboxylic acids is 2. The summed E-state index contributed by atoms with van der Waals surface area (Å²) < 4.78 is 1.90. The molecule has 2 aromatic rings. The summed E-state index contributed by atoms with van der Waals surface area (Å²) in [5.41, 5.74) is -0.141.